The lowest BCUT2D eigenvalue weighted by atomic mass is 10.0. The summed E-state index contributed by atoms with van der Waals surface area (Å²) in [7, 11) is 0. The number of halogens is 2. The molecule has 2 rings (SSSR count). The highest BCUT2D eigenvalue weighted by Gasteiger charge is 2.15. The quantitative estimate of drug-likeness (QED) is 0.140. The van der Waals surface area contributed by atoms with Crippen molar-refractivity contribution in [2.24, 2.45) is 0 Å². The molecule has 0 spiro atoms. The minimum Gasteiger partial charge on any atom is -0.127 e. The van der Waals surface area contributed by atoms with Gasteiger partial charge in [0.2, 0.25) is 0 Å². The van der Waals surface area contributed by atoms with E-state index in [0.29, 0.717) is 0 Å². The summed E-state index contributed by atoms with van der Waals surface area (Å²) < 4.78 is 2.62. The summed E-state index contributed by atoms with van der Waals surface area (Å²) in [5, 5.41) is 0. The van der Waals surface area contributed by atoms with Crippen molar-refractivity contribution in [1.82, 2.24) is 0 Å². The van der Waals surface area contributed by atoms with Crippen LogP contribution in [0.4, 0.5) is 0 Å². The zero-order valence-corrected chi connectivity index (χ0v) is 25.3. The van der Waals surface area contributed by atoms with E-state index in [0.717, 1.165) is 0 Å². The Hall–Kier alpha value is 0.360. The third kappa shape index (κ3) is 11.2. The van der Waals surface area contributed by atoms with E-state index >= 15 is 0 Å². The van der Waals surface area contributed by atoms with E-state index in [1.165, 1.54) is 138 Å². The Balaban J connectivity index is 1.76. The predicted octanol–water partition coefficient (Wildman–Crippen LogP) is 12.4. The summed E-state index contributed by atoms with van der Waals surface area (Å²) >= 11 is 11.5. The van der Waals surface area contributed by atoms with Crippen LogP contribution >= 0.6 is 54.5 Å². The average Bonchev–Trinajstić information content (AvgIpc) is 3.33. The van der Waals surface area contributed by atoms with Crippen molar-refractivity contribution in [3.05, 3.63) is 30.8 Å². The van der Waals surface area contributed by atoms with E-state index < -0.39 is 0 Å². The van der Waals surface area contributed by atoms with Crippen LogP contribution in [0.5, 0.6) is 0 Å². The molecule has 0 aliphatic heterocycles. The first-order valence-corrected chi connectivity index (χ1v) is 16.4. The van der Waals surface area contributed by atoms with Crippen LogP contribution in [0.25, 0.3) is 9.75 Å². The lowest BCUT2D eigenvalue weighted by Crippen LogP contribution is -1.87. The topological polar surface area (TPSA) is 0 Å². The van der Waals surface area contributed by atoms with E-state index in [9.17, 15) is 0 Å². The molecular weight excluding hydrogens is 560 g/mol. The van der Waals surface area contributed by atoms with Crippen LogP contribution in [0.2, 0.25) is 0 Å². The van der Waals surface area contributed by atoms with Crippen LogP contribution in [-0.2, 0) is 12.8 Å². The molecule has 32 heavy (non-hydrogen) atoms. The molecule has 4 heteroatoms. The molecule has 2 aromatic rings. The maximum atomic E-state index is 3.87. The molecule has 0 fully saturated rings. The molecule has 2 heterocycles. The van der Waals surface area contributed by atoms with Crippen molar-refractivity contribution >= 4 is 54.5 Å². The maximum absolute atomic E-state index is 3.87. The first-order chi connectivity index (χ1) is 15.7. The zero-order valence-electron chi connectivity index (χ0n) is 20.5. The van der Waals surface area contributed by atoms with Gasteiger partial charge in [-0.2, -0.15) is 0 Å². The number of hydrogen-bond donors (Lipinski definition) is 0. The van der Waals surface area contributed by atoms with Crippen LogP contribution in [0, 0.1) is 0 Å². The molecule has 0 radical (unpaired) electrons. The Morgan fingerprint density at radius 2 is 1.03 bits per heavy atom. The number of unbranched alkanes of at least 4 members (excludes halogenated alkanes) is 14. The van der Waals surface area contributed by atoms with Crippen LogP contribution in [0.1, 0.15) is 128 Å². The van der Waals surface area contributed by atoms with Gasteiger partial charge in [-0.25, -0.2) is 0 Å². The van der Waals surface area contributed by atoms with Crippen molar-refractivity contribution < 1.29 is 0 Å². The van der Waals surface area contributed by atoms with Gasteiger partial charge in [-0.15, -0.1) is 22.7 Å². The standard InChI is InChI=1S/C28H44Br2S2/c1-3-5-7-9-11-13-15-17-19-23-22-26(29)32-27(23)25-21-24(28(30)31-25)20-18-16-14-12-10-8-6-4-2/h21-22H,3-20H2,1-2H3. The third-order valence-electron chi connectivity index (χ3n) is 6.36. The molecule has 0 saturated heterocycles. The lowest BCUT2D eigenvalue weighted by Gasteiger charge is -2.03. The molecule has 0 aromatic carbocycles. The predicted molar refractivity (Wildman–Crippen MR) is 156 cm³/mol. The maximum Gasteiger partial charge on any atom is 0.0737 e. The van der Waals surface area contributed by atoms with Gasteiger partial charge in [-0.05, 0) is 80.8 Å². The van der Waals surface area contributed by atoms with Gasteiger partial charge in [0.05, 0.1) is 7.57 Å². The average molecular weight is 605 g/mol. The molecule has 0 atom stereocenters. The molecule has 182 valence electrons. The molecular formula is C28H44Br2S2. The van der Waals surface area contributed by atoms with E-state index in [4.69, 9.17) is 0 Å². The zero-order chi connectivity index (χ0) is 23.0. The minimum absolute atomic E-state index is 1.21. The fourth-order valence-corrected chi connectivity index (χ4v) is 7.98. The Kier molecular flexibility index (Phi) is 15.9. The first kappa shape index (κ1) is 28.6. The molecule has 0 amide bonds. The Bertz CT molecular complexity index is 732. The fraction of sp³-hybridized carbons (Fsp3) is 0.714. The number of rotatable bonds is 19. The van der Waals surface area contributed by atoms with Gasteiger partial charge < -0.3 is 0 Å². The largest absolute Gasteiger partial charge is 0.127 e. The lowest BCUT2D eigenvalue weighted by molar-refractivity contribution is 0.575. The summed E-state index contributed by atoms with van der Waals surface area (Å²) in [6.07, 6.45) is 24.7. The van der Waals surface area contributed by atoms with E-state index in [-0.39, 0.29) is 0 Å². The van der Waals surface area contributed by atoms with Crippen molar-refractivity contribution in [2.75, 3.05) is 0 Å². The van der Waals surface area contributed by atoms with E-state index in [1.807, 2.05) is 22.7 Å². The van der Waals surface area contributed by atoms with Crippen molar-refractivity contribution in [3.63, 3.8) is 0 Å². The summed E-state index contributed by atoms with van der Waals surface area (Å²) in [6.45, 7) is 4.59. The Morgan fingerprint density at radius 3 is 1.56 bits per heavy atom. The molecule has 0 aliphatic carbocycles. The van der Waals surface area contributed by atoms with Crippen molar-refractivity contribution in [3.8, 4) is 9.75 Å². The summed E-state index contributed by atoms with van der Waals surface area (Å²) in [4.78, 5) is 2.95. The molecule has 0 nitrogen and oxygen atoms in total. The van der Waals surface area contributed by atoms with Gasteiger partial charge >= 0.3 is 0 Å². The summed E-state index contributed by atoms with van der Waals surface area (Å²) in [5.74, 6) is 0. The molecule has 2 aromatic heterocycles. The minimum atomic E-state index is 1.21. The van der Waals surface area contributed by atoms with Gasteiger partial charge in [-0.3, -0.25) is 0 Å². The SMILES string of the molecule is CCCCCCCCCCc1cc(-c2sc(Br)cc2CCCCCCCCCC)sc1Br. The smallest absolute Gasteiger partial charge is 0.0737 e. The van der Waals surface area contributed by atoms with Gasteiger partial charge in [0.25, 0.3) is 0 Å². The summed E-state index contributed by atoms with van der Waals surface area (Å²) in [6, 6.07) is 4.83. The normalized spacial score (nSPS) is 11.5. The van der Waals surface area contributed by atoms with Gasteiger partial charge in [-0.1, -0.05) is 104 Å². The second-order valence-corrected chi connectivity index (χ2v) is 14.1. The first-order valence-electron chi connectivity index (χ1n) is 13.2. The molecule has 0 saturated carbocycles. The highest BCUT2D eigenvalue weighted by molar-refractivity contribution is 9.11. The van der Waals surface area contributed by atoms with Crippen LogP contribution < -0.4 is 0 Å². The number of hydrogen-bond acceptors (Lipinski definition) is 2. The Morgan fingerprint density at radius 1 is 0.562 bits per heavy atom. The number of aryl methyl sites for hydroxylation is 2. The van der Waals surface area contributed by atoms with E-state index in [1.54, 1.807) is 5.56 Å². The van der Waals surface area contributed by atoms with Crippen molar-refractivity contribution in [1.29, 1.82) is 0 Å². The van der Waals surface area contributed by atoms with Crippen LogP contribution in [-0.4, -0.2) is 0 Å². The third-order valence-corrected chi connectivity index (χ3v) is 10.2. The Labute approximate surface area is 223 Å². The number of thiophene rings is 2. The van der Waals surface area contributed by atoms with E-state index in [2.05, 4.69) is 57.8 Å². The van der Waals surface area contributed by atoms with Crippen LogP contribution in [0.15, 0.2) is 19.7 Å². The van der Waals surface area contributed by atoms with Gasteiger partial charge in [0.15, 0.2) is 0 Å². The monoisotopic (exact) mass is 602 g/mol. The summed E-state index contributed by atoms with van der Waals surface area (Å²) in [5.41, 5.74) is 3.05. The second-order valence-electron chi connectivity index (χ2n) is 9.26. The molecule has 0 N–H and O–H groups in total. The fourth-order valence-electron chi connectivity index (χ4n) is 4.38. The molecule has 0 bridgehead atoms. The highest BCUT2D eigenvalue weighted by atomic mass is 79.9. The second kappa shape index (κ2) is 17.7. The molecule has 0 unspecified atom stereocenters. The van der Waals surface area contributed by atoms with Crippen LogP contribution in [0.3, 0.4) is 0 Å². The van der Waals surface area contributed by atoms with Gasteiger partial charge in [0.1, 0.15) is 0 Å². The van der Waals surface area contributed by atoms with Crippen molar-refractivity contribution in [2.45, 2.75) is 129 Å². The highest BCUT2D eigenvalue weighted by Crippen LogP contribution is 2.43. The molecule has 0 aliphatic rings. The van der Waals surface area contributed by atoms with Gasteiger partial charge in [0, 0.05) is 9.75 Å².